The summed E-state index contributed by atoms with van der Waals surface area (Å²) in [6.45, 7) is 1.96. The number of nitrogens with zero attached hydrogens (tertiary/aromatic N) is 1. The average molecular weight is 280 g/mol. The van der Waals surface area contributed by atoms with E-state index in [1.54, 1.807) is 18.3 Å². The van der Waals surface area contributed by atoms with Crippen molar-refractivity contribution in [1.82, 2.24) is 0 Å². The molecule has 0 saturated carbocycles. The van der Waals surface area contributed by atoms with Crippen LogP contribution in [0.2, 0.25) is 0 Å². The zero-order chi connectivity index (χ0) is 15.1. The summed E-state index contributed by atoms with van der Waals surface area (Å²) in [6, 6.07) is 16.4. The van der Waals surface area contributed by atoms with E-state index in [4.69, 9.17) is 5.11 Å². The molecule has 0 saturated heterocycles. The molecule has 0 aromatic heterocycles. The van der Waals surface area contributed by atoms with E-state index in [1.165, 1.54) is 12.1 Å². The first-order valence-electron chi connectivity index (χ1n) is 6.51. The van der Waals surface area contributed by atoms with Gasteiger partial charge in [-0.05, 0) is 42.3 Å². The van der Waals surface area contributed by atoms with Crippen molar-refractivity contribution >= 4 is 23.9 Å². The SMILES string of the molecule is CC(/C=N\Nc1ccc(C(=O)O)cc1)=C/c1ccccc1. The molecule has 0 unspecified atom stereocenters. The molecule has 0 bridgehead atoms. The Kier molecular flexibility index (Phi) is 4.88. The second-order valence-corrected chi connectivity index (χ2v) is 4.55. The molecule has 0 fully saturated rings. The van der Waals surface area contributed by atoms with E-state index in [2.05, 4.69) is 10.5 Å². The van der Waals surface area contributed by atoms with Gasteiger partial charge in [-0.1, -0.05) is 36.4 Å². The van der Waals surface area contributed by atoms with Crippen molar-refractivity contribution in [2.45, 2.75) is 6.92 Å². The van der Waals surface area contributed by atoms with Crippen molar-refractivity contribution in [3.05, 3.63) is 71.3 Å². The molecule has 21 heavy (non-hydrogen) atoms. The Labute approximate surface area is 123 Å². The third kappa shape index (κ3) is 4.62. The maximum atomic E-state index is 10.7. The number of carboxylic acid groups (broad SMARTS) is 1. The van der Waals surface area contributed by atoms with Crippen LogP contribution in [-0.2, 0) is 0 Å². The highest BCUT2D eigenvalue weighted by Gasteiger charge is 2.00. The fourth-order valence-electron chi connectivity index (χ4n) is 1.75. The lowest BCUT2D eigenvalue weighted by Gasteiger charge is -2.00. The van der Waals surface area contributed by atoms with Crippen LogP contribution in [0.15, 0.2) is 65.3 Å². The van der Waals surface area contributed by atoms with Gasteiger partial charge in [0.05, 0.1) is 17.5 Å². The molecule has 106 valence electrons. The number of hydrogen-bond donors (Lipinski definition) is 2. The van der Waals surface area contributed by atoms with Crippen LogP contribution in [0.1, 0.15) is 22.8 Å². The van der Waals surface area contributed by atoms with Crippen molar-refractivity contribution in [3.8, 4) is 0 Å². The Morgan fingerprint density at radius 3 is 2.38 bits per heavy atom. The minimum Gasteiger partial charge on any atom is -0.478 e. The lowest BCUT2D eigenvalue weighted by molar-refractivity contribution is 0.0697. The molecule has 0 heterocycles. The molecule has 0 atom stereocenters. The van der Waals surface area contributed by atoms with E-state index in [-0.39, 0.29) is 5.56 Å². The Balaban J connectivity index is 1.95. The van der Waals surface area contributed by atoms with E-state index in [9.17, 15) is 4.79 Å². The molecule has 0 radical (unpaired) electrons. The summed E-state index contributed by atoms with van der Waals surface area (Å²) in [4.78, 5) is 10.7. The van der Waals surface area contributed by atoms with Crippen LogP contribution in [0.4, 0.5) is 5.69 Å². The van der Waals surface area contributed by atoms with Crippen LogP contribution in [0.3, 0.4) is 0 Å². The van der Waals surface area contributed by atoms with Crippen molar-refractivity contribution in [1.29, 1.82) is 0 Å². The lowest BCUT2D eigenvalue weighted by atomic mass is 10.1. The zero-order valence-corrected chi connectivity index (χ0v) is 11.7. The molecular formula is C17H16N2O2. The molecule has 2 N–H and O–H groups in total. The van der Waals surface area contributed by atoms with E-state index >= 15 is 0 Å². The maximum Gasteiger partial charge on any atom is 0.335 e. The van der Waals surface area contributed by atoms with Gasteiger partial charge in [-0.3, -0.25) is 5.43 Å². The second kappa shape index (κ2) is 7.05. The number of allylic oxidation sites excluding steroid dienone is 1. The summed E-state index contributed by atoms with van der Waals surface area (Å²) in [6.07, 6.45) is 3.75. The van der Waals surface area contributed by atoms with Crippen LogP contribution < -0.4 is 5.43 Å². The molecular weight excluding hydrogens is 264 g/mol. The number of carboxylic acids is 1. The van der Waals surface area contributed by atoms with Gasteiger partial charge in [-0.2, -0.15) is 5.10 Å². The van der Waals surface area contributed by atoms with Crippen LogP contribution >= 0.6 is 0 Å². The Bertz CT molecular complexity index is 659. The number of anilines is 1. The summed E-state index contributed by atoms with van der Waals surface area (Å²) in [5.41, 5.74) is 5.98. The first-order chi connectivity index (χ1) is 10.1. The molecule has 2 aromatic rings. The van der Waals surface area contributed by atoms with Gasteiger partial charge < -0.3 is 5.11 Å². The molecule has 0 aliphatic carbocycles. The lowest BCUT2D eigenvalue weighted by Crippen LogP contribution is -1.96. The number of benzene rings is 2. The number of hydrogen-bond acceptors (Lipinski definition) is 3. The molecule has 2 rings (SSSR count). The topological polar surface area (TPSA) is 61.7 Å². The first-order valence-corrected chi connectivity index (χ1v) is 6.51. The smallest absolute Gasteiger partial charge is 0.335 e. The fourth-order valence-corrected chi connectivity index (χ4v) is 1.75. The number of nitrogens with one attached hydrogen (secondary N) is 1. The van der Waals surface area contributed by atoms with Gasteiger partial charge in [0.1, 0.15) is 0 Å². The molecule has 0 amide bonds. The van der Waals surface area contributed by atoms with Gasteiger partial charge >= 0.3 is 5.97 Å². The minimum atomic E-state index is -0.938. The van der Waals surface area contributed by atoms with Gasteiger partial charge in [-0.25, -0.2) is 4.79 Å². The predicted octanol–water partition coefficient (Wildman–Crippen LogP) is 3.89. The van der Waals surface area contributed by atoms with Gasteiger partial charge in [0.2, 0.25) is 0 Å². The molecule has 0 spiro atoms. The Morgan fingerprint density at radius 2 is 1.76 bits per heavy atom. The third-order valence-electron chi connectivity index (χ3n) is 2.79. The summed E-state index contributed by atoms with van der Waals surface area (Å²) < 4.78 is 0. The fraction of sp³-hybridized carbons (Fsp3) is 0.0588. The minimum absolute atomic E-state index is 0.254. The van der Waals surface area contributed by atoms with Gasteiger partial charge in [0, 0.05) is 0 Å². The standard InChI is InChI=1S/C17H16N2O2/c1-13(11-14-5-3-2-4-6-14)12-18-19-16-9-7-15(8-10-16)17(20)21/h2-12,19H,1H3,(H,20,21)/b13-11-,18-12-. The van der Waals surface area contributed by atoms with Gasteiger partial charge in [0.15, 0.2) is 0 Å². The zero-order valence-electron chi connectivity index (χ0n) is 11.7. The summed E-state index contributed by atoms with van der Waals surface area (Å²) >= 11 is 0. The monoisotopic (exact) mass is 280 g/mol. The van der Waals surface area contributed by atoms with Crippen molar-refractivity contribution in [3.63, 3.8) is 0 Å². The van der Waals surface area contributed by atoms with Crippen molar-refractivity contribution in [2.75, 3.05) is 5.43 Å². The number of carbonyl (C=O) groups is 1. The molecule has 4 heteroatoms. The van der Waals surface area contributed by atoms with E-state index in [1.807, 2.05) is 43.3 Å². The largest absolute Gasteiger partial charge is 0.478 e. The third-order valence-corrected chi connectivity index (χ3v) is 2.79. The van der Waals surface area contributed by atoms with Crippen LogP contribution in [0.25, 0.3) is 6.08 Å². The highest BCUT2D eigenvalue weighted by Crippen LogP contribution is 2.09. The number of aromatic carboxylic acids is 1. The molecule has 4 nitrogen and oxygen atoms in total. The summed E-state index contributed by atoms with van der Waals surface area (Å²) in [5.74, 6) is -0.938. The van der Waals surface area contributed by atoms with E-state index < -0.39 is 5.97 Å². The van der Waals surface area contributed by atoms with Gasteiger partial charge in [0.25, 0.3) is 0 Å². The number of hydrazone groups is 1. The highest BCUT2D eigenvalue weighted by atomic mass is 16.4. The average Bonchev–Trinajstić information content (AvgIpc) is 2.49. The van der Waals surface area contributed by atoms with E-state index in [0.717, 1.165) is 16.8 Å². The van der Waals surface area contributed by atoms with Crippen LogP contribution in [0, 0.1) is 0 Å². The van der Waals surface area contributed by atoms with Crippen molar-refractivity contribution in [2.24, 2.45) is 5.10 Å². The normalized spacial score (nSPS) is 11.6. The molecule has 0 aliphatic heterocycles. The van der Waals surface area contributed by atoms with Crippen LogP contribution in [-0.4, -0.2) is 17.3 Å². The molecule has 2 aromatic carbocycles. The van der Waals surface area contributed by atoms with Crippen LogP contribution in [0.5, 0.6) is 0 Å². The summed E-state index contributed by atoms with van der Waals surface area (Å²) in [7, 11) is 0. The van der Waals surface area contributed by atoms with Crippen molar-refractivity contribution < 1.29 is 9.90 Å². The second-order valence-electron chi connectivity index (χ2n) is 4.55. The molecule has 0 aliphatic rings. The predicted molar refractivity (Wildman–Crippen MR) is 85.6 cm³/mol. The quantitative estimate of drug-likeness (QED) is 0.645. The first kappa shape index (κ1) is 14.5. The van der Waals surface area contributed by atoms with E-state index in [0.29, 0.717) is 0 Å². The highest BCUT2D eigenvalue weighted by molar-refractivity contribution is 5.88. The summed E-state index contributed by atoms with van der Waals surface area (Å²) in [5, 5.41) is 12.9. The Morgan fingerprint density at radius 1 is 1.10 bits per heavy atom. The van der Waals surface area contributed by atoms with Gasteiger partial charge in [-0.15, -0.1) is 0 Å². The maximum absolute atomic E-state index is 10.7. The Hall–Kier alpha value is -2.88. The number of rotatable bonds is 5.